The van der Waals surface area contributed by atoms with Gasteiger partial charge in [0.05, 0.1) is 13.7 Å². The Bertz CT molecular complexity index is 459. The van der Waals surface area contributed by atoms with Crippen LogP contribution in [0.2, 0.25) is 0 Å². The second-order valence-corrected chi connectivity index (χ2v) is 4.46. The molecule has 0 saturated carbocycles. The molecule has 0 heterocycles. The van der Waals surface area contributed by atoms with Gasteiger partial charge in [0.15, 0.2) is 0 Å². The van der Waals surface area contributed by atoms with E-state index < -0.39 is 11.8 Å². The number of aliphatic hydroxyl groups is 1. The second kappa shape index (κ2) is 8.97. The Kier molecular flexibility index (Phi) is 7.25. The molecule has 0 saturated heterocycles. The van der Waals surface area contributed by atoms with E-state index in [4.69, 9.17) is 9.84 Å². The summed E-state index contributed by atoms with van der Waals surface area (Å²) in [5, 5.41) is 11.4. The van der Waals surface area contributed by atoms with Crippen molar-refractivity contribution in [2.75, 3.05) is 33.4 Å². The van der Waals surface area contributed by atoms with E-state index >= 15 is 0 Å². The predicted octanol–water partition coefficient (Wildman–Crippen LogP) is 0.195. The van der Waals surface area contributed by atoms with Crippen LogP contribution in [0.5, 0.6) is 5.75 Å². The summed E-state index contributed by atoms with van der Waals surface area (Å²) in [5.74, 6) is -0.472. The Balaban J connectivity index is 2.39. The molecule has 0 aliphatic carbocycles. The van der Waals surface area contributed by atoms with E-state index in [9.17, 15) is 9.59 Å². The number of aliphatic hydroxyl groups excluding tert-OH is 1. The number of amides is 2. The van der Waals surface area contributed by atoms with Crippen molar-refractivity contribution in [1.29, 1.82) is 0 Å². The fraction of sp³-hybridized carbons (Fsp3) is 0.467. The summed E-state index contributed by atoms with van der Waals surface area (Å²) in [4.78, 5) is 24.8. The van der Waals surface area contributed by atoms with Gasteiger partial charge in [0.2, 0.25) is 0 Å². The molecular formula is C15H22N2O4. The van der Waals surface area contributed by atoms with Crippen molar-refractivity contribution in [1.82, 2.24) is 10.2 Å². The maximum absolute atomic E-state index is 11.8. The van der Waals surface area contributed by atoms with Crippen LogP contribution in [0.3, 0.4) is 0 Å². The summed E-state index contributed by atoms with van der Waals surface area (Å²) in [6, 6.07) is 7.53. The minimum atomic E-state index is -0.640. The average molecular weight is 294 g/mol. The summed E-state index contributed by atoms with van der Waals surface area (Å²) in [7, 11) is 1.60. The van der Waals surface area contributed by atoms with Gasteiger partial charge in [-0.1, -0.05) is 12.1 Å². The van der Waals surface area contributed by atoms with Gasteiger partial charge in [-0.25, -0.2) is 0 Å². The fourth-order valence-electron chi connectivity index (χ4n) is 1.86. The molecule has 0 aliphatic rings. The lowest BCUT2D eigenvalue weighted by Crippen LogP contribution is -2.44. The van der Waals surface area contributed by atoms with Crippen LogP contribution in [-0.4, -0.2) is 55.2 Å². The number of hydrogen-bond donors (Lipinski definition) is 2. The second-order valence-electron chi connectivity index (χ2n) is 4.46. The molecule has 2 amide bonds. The number of ether oxygens (including phenoxy) is 1. The topological polar surface area (TPSA) is 78.9 Å². The lowest BCUT2D eigenvalue weighted by molar-refractivity contribution is -0.146. The molecule has 0 unspecified atom stereocenters. The summed E-state index contributed by atoms with van der Waals surface area (Å²) < 4.78 is 5.06. The van der Waals surface area contributed by atoms with Gasteiger partial charge in [-0.3, -0.25) is 9.59 Å². The van der Waals surface area contributed by atoms with Crippen LogP contribution in [0, 0.1) is 0 Å². The number of carbonyl (C=O) groups is 2. The molecule has 1 aromatic rings. The Morgan fingerprint density at radius 3 is 2.48 bits per heavy atom. The molecule has 1 rings (SSSR count). The largest absolute Gasteiger partial charge is 0.497 e. The number of hydrogen-bond acceptors (Lipinski definition) is 4. The van der Waals surface area contributed by atoms with Crippen molar-refractivity contribution < 1.29 is 19.4 Å². The monoisotopic (exact) mass is 294 g/mol. The van der Waals surface area contributed by atoms with E-state index in [1.807, 2.05) is 24.3 Å². The van der Waals surface area contributed by atoms with Crippen molar-refractivity contribution in [2.24, 2.45) is 0 Å². The van der Waals surface area contributed by atoms with E-state index in [0.717, 1.165) is 11.3 Å². The highest BCUT2D eigenvalue weighted by atomic mass is 16.5. The van der Waals surface area contributed by atoms with Crippen molar-refractivity contribution in [3.63, 3.8) is 0 Å². The average Bonchev–Trinajstić information content (AvgIpc) is 2.52. The van der Waals surface area contributed by atoms with E-state index in [-0.39, 0.29) is 13.2 Å². The Morgan fingerprint density at radius 2 is 1.95 bits per heavy atom. The van der Waals surface area contributed by atoms with Gasteiger partial charge in [-0.2, -0.15) is 0 Å². The van der Waals surface area contributed by atoms with E-state index in [0.29, 0.717) is 19.5 Å². The third-order valence-electron chi connectivity index (χ3n) is 3.09. The number of rotatable bonds is 7. The number of benzene rings is 1. The third-order valence-corrected chi connectivity index (χ3v) is 3.09. The fourth-order valence-corrected chi connectivity index (χ4v) is 1.86. The molecule has 21 heavy (non-hydrogen) atoms. The molecule has 0 bridgehead atoms. The zero-order valence-corrected chi connectivity index (χ0v) is 12.5. The Morgan fingerprint density at radius 1 is 1.29 bits per heavy atom. The van der Waals surface area contributed by atoms with Gasteiger partial charge >= 0.3 is 11.8 Å². The quantitative estimate of drug-likeness (QED) is 0.704. The maximum Gasteiger partial charge on any atom is 0.311 e. The third kappa shape index (κ3) is 5.43. The number of likely N-dealkylation sites (N-methyl/N-ethyl adjacent to an activating group) is 1. The predicted molar refractivity (Wildman–Crippen MR) is 79.0 cm³/mol. The Hall–Kier alpha value is -2.08. The maximum atomic E-state index is 11.8. The van der Waals surface area contributed by atoms with Gasteiger partial charge in [0.1, 0.15) is 5.75 Å². The summed E-state index contributed by atoms with van der Waals surface area (Å²) in [6.07, 6.45) is 0.634. The molecule has 1 aromatic carbocycles. The van der Waals surface area contributed by atoms with Gasteiger partial charge in [0, 0.05) is 19.6 Å². The first-order chi connectivity index (χ1) is 10.1. The molecule has 2 N–H and O–H groups in total. The van der Waals surface area contributed by atoms with Crippen LogP contribution in [-0.2, 0) is 16.0 Å². The van der Waals surface area contributed by atoms with Gasteiger partial charge < -0.3 is 20.1 Å². The van der Waals surface area contributed by atoms with Gasteiger partial charge in [0.25, 0.3) is 0 Å². The standard InChI is InChI=1S/C15H22N2O4/c1-3-17(10-11-18)15(20)14(19)16-9-8-12-4-6-13(21-2)7-5-12/h4-7,18H,3,8-11H2,1-2H3,(H,16,19). The van der Waals surface area contributed by atoms with Crippen molar-refractivity contribution in [3.8, 4) is 5.75 Å². The molecule has 6 nitrogen and oxygen atoms in total. The van der Waals surface area contributed by atoms with E-state index in [1.54, 1.807) is 14.0 Å². The van der Waals surface area contributed by atoms with Crippen LogP contribution in [0.15, 0.2) is 24.3 Å². The smallest absolute Gasteiger partial charge is 0.311 e. The molecule has 0 aliphatic heterocycles. The first-order valence-corrected chi connectivity index (χ1v) is 6.93. The van der Waals surface area contributed by atoms with Crippen molar-refractivity contribution >= 4 is 11.8 Å². The number of nitrogens with zero attached hydrogens (tertiary/aromatic N) is 1. The molecule has 0 atom stereocenters. The molecule has 0 aromatic heterocycles. The molecule has 0 radical (unpaired) electrons. The number of methoxy groups -OCH3 is 1. The highest BCUT2D eigenvalue weighted by Crippen LogP contribution is 2.11. The van der Waals surface area contributed by atoms with Crippen LogP contribution in [0.25, 0.3) is 0 Å². The van der Waals surface area contributed by atoms with Crippen LogP contribution in [0.4, 0.5) is 0 Å². The minimum absolute atomic E-state index is 0.154. The molecular weight excluding hydrogens is 272 g/mol. The zero-order chi connectivity index (χ0) is 15.7. The highest BCUT2D eigenvalue weighted by Gasteiger charge is 2.19. The van der Waals surface area contributed by atoms with Crippen LogP contribution >= 0.6 is 0 Å². The van der Waals surface area contributed by atoms with Crippen molar-refractivity contribution in [3.05, 3.63) is 29.8 Å². The van der Waals surface area contributed by atoms with Crippen LogP contribution in [0.1, 0.15) is 12.5 Å². The van der Waals surface area contributed by atoms with Crippen molar-refractivity contribution in [2.45, 2.75) is 13.3 Å². The lowest BCUT2D eigenvalue weighted by atomic mass is 10.1. The Labute approximate surface area is 124 Å². The SMILES string of the molecule is CCN(CCO)C(=O)C(=O)NCCc1ccc(OC)cc1. The van der Waals surface area contributed by atoms with E-state index in [2.05, 4.69) is 5.32 Å². The minimum Gasteiger partial charge on any atom is -0.497 e. The number of nitrogens with one attached hydrogen (secondary N) is 1. The van der Waals surface area contributed by atoms with E-state index in [1.165, 1.54) is 4.90 Å². The molecule has 116 valence electrons. The van der Waals surface area contributed by atoms with Gasteiger partial charge in [-0.15, -0.1) is 0 Å². The summed E-state index contributed by atoms with van der Waals surface area (Å²) >= 11 is 0. The molecule has 0 spiro atoms. The first kappa shape index (κ1) is 17.0. The summed E-state index contributed by atoms with van der Waals surface area (Å²) in [5.41, 5.74) is 1.05. The number of carbonyl (C=O) groups excluding carboxylic acids is 2. The lowest BCUT2D eigenvalue weighted by Gasteiger charge is -2.18. The van der Waals surface area contributed by atoms with Gasteiger partial charge in [-0.05, 0) is 31.0 Å². The zero-order valence-electron chi connectivity index (χ0n) is 12.5. The highest BCUT2D eigenvalue weighted by molar-refractivity contribution is 6.34. The summed E-state index contributed by atoms with van der Waals surface area (Å²) in [6.45, 7) is 2.55. The van der Waals surface area contributed by atoms with Crippen LogP contribution < -0.4 is 10.1 Å². The molecule has 6 heteroatoms. The normalized spacial score (nSPS) is 10.0. The first-order valence-electron chi connectivity index (χ1n) is 6.93. The molecule has 0 fully saturated rings.